The Morgan fingerprint density at radius 2 is 1.90 bits per heavy atom. The molecular formula is C16H22N4. The van der Waals surface area contributed by atoms with Crippen LogP contribution in [0.4, 0.5) is 5.82 Å². The molecule has 0 radical (unpaired) electrons. The fourth-order valence-electron chi connectivity index (χ4n) is 2.28. The summed E-state index contributed by atoms with van der Waals surface area (Å²) in [5.74, 6) is 7.45. The number of anilines is 1. The number of nitrogens with one attached hydrogen (secondary N) is 1. The molecule has 0 bridgehead atoms. The Labute approximate surface area is 120 Å². The fourth-order valence-corrected chi connectivity index (χ4v) is 2.28. The lowest BCUT2D eigenvalue weighted by Crippen LogP contribution is -2.11. The lowest BCUT2D eigenvalue weighted by molar-refractivity contribution is 0.635. The van der Waals surface area contributed by atoms with Gasteiger partial charge in [-0.3, -0.25) is 0 Å². The Morgan fingerprint density at radius 1 is 1.15 bits per heavy atom. The Hall–Kier alpha value is -1.94. The van der Waals surface area contributed by atoms with Gasteiger partial charge < -0.3 is 5.43 Å². The second kappa shape index (κ2) is 6.01. The van der Waals surface area contributed by atoms with E-state index in [0.29, 0.717) is 11.7 Å². The van der Waals surface area contributed by atoms with E-state index in [1.54, 1.807) is 0 Å². The van der Waals surface area contributed by atoms with E-state index in [-0.39, 0.29) is 0 Å². The largest absolute Gasteiger partial charge is 0.308 e. The molecule has 0 atom stereocenters. The maximum absolute atomic E-state index is 5.52. The molecule has 1 aromatic carbocycles. The van der Waals surface area contributed by atoms with Crippen LogP contribution in [0.3, 0.4) is 0 Å². The first-order valence-corrected chi connectivity index (χ1v) is 6.91. The fraction of sp³-hybridized carbons (Fsp3) is 0.375. The first kappa shape index (κ1) is 14.5. The van der Waals surface area contributed by atoms with Crippen LogP contribution in [0.5, 0.6) is 0 Å². The van der Waals surface area contributed by atoms with E-state index in [0.717, 1.165) is 23.5 Å². The van der Waals surface area contributed by atoms with Gasteiger partial charge in [-0.15, -0.1) is 0 Å². The molecular weight excluding hydrogens is 248 g/mol. The number of benzene rings is 1. The molecule has 106 valence electrons. The van der Waals surface area contributed by atoms with Crippen LogP contribution in [-0.4, -0.2) is 9.97 Å². The van der Waals surface area contributed by atoms with Gasteiger partial charge in [-0.05, 0) is 31.7 Å². The summed E-state index contributed by atoms with van der Waals surface area (Å²) in [4.78, 5) is 9.15. The number of hydrogen-bond donors (Lipinski definition) is 2. The van der Waals surface area contributed by atoms with Crippen LogP contribution in [0.2, 0.25) is 0 Å². The molecule has 0 aliphatic heterocycles. The zero-order chi connectivity index (χ0) is 14.7. The van der Waals surface area contributed by atoms with E-state index >= 15 is 0 Å². The maximum Gasteiger partial charge on any atom is 0.162 e. The maximum atomic E-state index is 5.52. The number of nitrogen functional groups attached to an aromatic ring is 1. The quantitative estimate of drug-likeness (QED) is 0.661. The summed E-state index contributed by atoms with van der Waals surface area (Å²) in [5.41, 5.74) is 7.11. The minimum atomic E-state index is 0.544. The topological polar surface area (TPSA) is 63.8 Å². The molecule has 0 amide bonds. The van der Waals surface area contributed by atoms with E-state index in [2.05, 4.69) is 61.3 Å². The van der Waals surface area contributed by atoms with Crippen molar-refractivity contribution in [2.75, 3.05) is 5.43 Å². The predicted molar refractivity (Wildman–Crippen MR) is 83.3 cm³/mol. The number of aromatic nitrogens is 2. The molecule has 0 spiro atoms. The second-order valence-corrected chi connectivity index (χ2v) is 5.63. The smallest absolute Gasteiger partial charge is 0.162 e. The van der Waals surface area contributed by atoms with E-state index in [1.807, 2.05) is 6.07 Å². The van der Waals surface area contributed by atoms with Crippen LogP contribution < -0.4 is 11.3 Å². The lowest BCUT2D eigenvalue weighted by atomic mass is 10.0. The minimum Gasteiger partial charge on any atom is -0.308 e. The summed E-state index contributed by atoms with van der Waals surface area (Å²) >= 11 is 0. The van der Waals surface area contributed by atoms with Crippen LogP contribution in [-0.2, 0) is 6.42 Å². The van der Waals surface area contributed by atoms with Crippen LogP contribution in [0.25, 0.3) is 11.4 Å². The van der Waals surface area contributed by atoms with Crippen molar-refractivity contribution in [3.05, 3.63) is 41.1 Å². The number of hydrazine groups is 1. The van der Waals surface area contributed by atoms with Crippen molar-refractivity contribution < 1.29 is 0 Å². The van der Waals surface area contributed by atoms with Gasteiger partial charge in [0.1, 0.15) is 5.82 Å². The van der Waals surface area contributed by atoms with Crippen molar-refractivity contribution in [3.63, 3.8) is 0 Å². The van der Waals surface area contributed by atoms with Gasteiger partial charge in [0.2, 0.25) is 0 Å². The van der Waals surface area contributed by atoms with E-state index < -0.39 is 0 Å². The van der Waals surface area contributed by atoms with Crippen LogP contribution in [0.15, 0.2) is 24.3 Å². The monoisotopic (exact) mass is 270 g/mol. The Morgan fingerprint density at radius 3 is 2.50 bits per heavy atom. The van der Waals surface area contributed by atoms with E-state index in [1.165, 1.54) is 11.1 Å². The Balaban J connectivity index is 2.49. The lowest BCUT2D eigenvalue weighted by Gasteiger charge is -2.11. The summed E-state index contributed by atoms with van der Waals surface area (Å²) in [5, 5.41) is 0. The van der Waals surface area contributed by atoms with Gasteiger partial charge in [0.15, 0.2) is 5.82 Å². The van der Waals surface area contributed by atoms with Crippen molar-refractivity contribution in [3.8, 4) is 11.4 Å². The molecule has 0 saturated heterocycles. The number of rotatable bonds is 4. The first-order chi connectivity index (χ1) is 9.49. The zero-order valence-electron chi connectivity index (χ0n) is 12.6. The molecule has 3 N–H and O–H groups in total. The van der Waals surface area contributed by atoms with Gasteiger partial charge in [-0.1, -0.05) is 37.6 Å². The highest BCUT2D eigenvalue weighted by Crippen LogP contribution is 2.23. The summed E-state index contributed by atoms with van der Waals surface area (Å²) in [6.07, 6.45) is 0.912. The molecule has 0 aliphatic carbocycles. The molecule has 2 rings (SSSR count). The molecule has 4 heteroatoms. The second-order valence-electron chi connectivity index (χ2n) is 5.63. The van der Waals surface area contributed by atoms with Gasteiger partial charge >= 0.3 is 0 Å². The van der Waals surface area contributed by atoms with Gasteiger partial charge in [-0.25, -0.2) is 15.8 Å². The average molecular weight is 270 g/mol. The van der Waals surface area contributed by atoms with Crippen molar-refractivity contribution in [1.29, 1.82) is 0 Å². The predicted octanol–water partition coefficient (Wildman–Crippen LogP) is 3.24. The summed E-state index contributed by atoms with van der Waals surface area (Å²) in [6.45, 7) is 8.51. The summed E-state index contributed by atoms with van der Waals surface area (Å²) < 4.78 is 0. The number of hydrogen-bond acceptors (Lipinski definition) is 4. The summed E-state index contributed by atoms with van der Waals surface area (Å²) in [7, 11) is 0. The Kier molecular flexibility index (Phi) is 4.35. The number of aryl methyl sites for hydroxylation is 2. The van der Waals surface area contributed by atoms with Crippen LogP contribution >= 0.6 is 0 Å². The molecule has 0 fully saturated rings. The molecule has 0 unspecified atom stereocenters. The van der Waals surface area contributed by atoms with Crippen LogP contribution in [0.1, 0.15) is 30.7 Å². The van der Waals surface area contributed by atoms with Crippen molar-refractivity contribution >= 4 is 5.82 Å². The molecule has 0 aliphatic rings. The number of nitrogens with two attached hydrogens (primary N) is 1. The number of nitrogens with zero attached hydrogens (tertiary/aromatic N) is 2. The molecule has 2 aromatic rings. The average Bonchev–Trinajstić information content (AvgIpc) is 2.37. The third kappa shape index (κ3) is 3.33. The van der Waals surface area contributed by atoms with Gasteiger partial charge in [0.25, 0.3) is 0 Å². The van der Waals surface area contributed by atoms with E-state index in [4.69, 9.17) is 5.84 Å². The summed E-state index contributed by atoms with van der Waals surface area (Å²) in [6, 6.07) is 8.20. The van der Waals surface area contributed by atoms with Crippen LogP contribution in [0, 0.1) is 19.8 Å². The third-order valence-electron chi connectivity index (χ3n) is 3.17. The highest BCUT2D eigenvalue weighted by Gasteiger charge is 2.10. The van der Waals surface area contributed by atoms with Crippen molar-refractivity contribution in [2.45, 2.75) is 34.1 Å². The Bertz CT molecular complexity index is 605. The molecule has 1 heterocycles. The zero-order valence-corrected chi connectivity index (χ0v) is 12.6. The van der Waals surface area contributed by atoms with Gasteiger partial charge in [-0.2, -0.15) is 0 Å². The minimum absolute atomic E-state index is 0.544. The highest BCUT2D eigenvalue weighted by atomic mass is 15.3. The SMILES string of the molecule is Cc1ccc(-c2nc(CC(C)C)cc(NN)n2)c(C)c1. The van der Waals surface area contributed by atoms with Gasteiger partial charge in [0, 0.05) is 17.3 Å². The third-order valence-corrected chi connectivity index (χ3v) is 3.17. The van der Waals surface area contributed by atoms with Gasteiger partial charge in [0.05, 0.1) is 0 Å². The molecule has 1 aromatic heterocycles. The molecule has 20 heavy (non-hydrogen) atoms. The normalized spacial score (nSPS) is 10.9. The molecule has 4 nitrogen and oxygen atoms in total. The molecule has 0 saturated carbocycles. The highest BCUT2D eigenvalue weighted by molar-refractivity contribution is 5.62. The standard InChI is InChI=1S/C16H22N4/c1-10(2)7-13-9-15(20-17)19-16(18-13)14-6-5-11(3)8-12(14)4/h5-6,8-10H,7,17H2,1-4H3,(H,18,19,20). The van der Waals surface area contributed by atoms with Crippen molar-refractivity contribution in [2.24, 2.45) is 11.8 Å². The van der Waals surface area contributed by atoms with E-state index in [9.17, 15) is 0 Å². The first-order valence-electron chi connectivity index (χ1n) is 6.91. The van der Waals surface area contributed by atoms with Crippen molar-refractivity contribution in [1.82, 2.24) is 9.97 Å².